The van der Waals surface area contributed by atoms with Crippen molar-refractivity contribution in [1.82, 2.24) is 5.32 Å². The number of amides is 1. The van der Waals surface area contributed by atoms with Crippen LogP contribution < -0.4 is 5.32 Å². The van der Waals surface area contributed by atoms with Crippen LogP contribution in [0, 0.1) is 11.8 Å². The summed E-state index contributed by atoms with van der Waals surface area (Å²) >= 11 is 0. The molecular weight excluding hydrogens is 142 g/mol. The zero-order chi connectivity index (χ0) is 8.27. The van der Waals surface area contributed by atoms with E-state index in [-0.39, 0.29) is 17.7 Å². The fraction of sp³-hybridized carbons (Fsp3) is 0.750. The highest BCUT2D eigenvalue weighted by Gasteiger charge is 2.25. The van der Waals surface area contributed by atoms with Crippen molar-refractivity contribution in [2.45, 2.75) is 19.8 Å². The van der Waals surface area contributed by atoms with Crippen LogP contribution in [0.15, 0.2) is 0 Å². The average Bonchev–Trinajstić information content (AvgIpc) is 2.37. The van der Waals surface area contributed by atoms with Crippen molar-refractivity contribution in [2.75, 3.05) is 6.54 Å². The molecule has 0 spiro atoms. The molecule has 0 aromatic carbocycles. The molecule has 2 unspecified atom stereocenters. The lowest BCUT2D eigenvalue weighted by atomic mass is 9.96. The Morgan fingerprint density at radius 2 is 2.55 bits per heavy atom. The summed E-state index contributed by atoms with van der Waals surface area (Å²) in [6.07, 6.45) is 2.50. The van der Waals surface area contributed by atoms with Gasteiger partial charge in [0.15, 0.2) is 0 Å². The van der Waals surface area contributed by atoms with Gasteiger partial charge in [-0.05, 0) is 12.8 Å². The molecule has 0 aromatic heterocycles. The zero-order valence-electron chi connectivity index (χ0n) is 6.67. The normalized spacial score (nSPS) is 26.3. The molecule has 3 heteroatoms. The molecule has 1 rings (SSSR count). The highest BCUT2D eigenvalue weighted by molar-refractivity contribution is 5.80. The van der Waals surface area contributed by atoms with Crippen molar-refractivity contribution in [3.63, 3.8) is 0 Å². The first kappa shape index (κ1) is 8.24. The van der Waals surface area contributed by atoms with Gasteiger partial charge in [0, 0.05) is 18.4 Å². The van der Waals surface area contributed by atoms with E-state index < -0.39 is 0 Å². The zero-order valence-corrected chi connectivity index (χ0v) is 6.67. The van der Waals surface area contributed by atoms with Crippen molar-refractivity contribution >= 4 is 12.2 Å². The summed E-state index contributed by atoms with van der Waals surface area (Å²) in [5.74, 6) is 0.206. The topological polar surface area (TPSA) is 46.2 Å². The standard InChI is InChI=1S/C8H13NO2/c1-6(5-10)4-7-2-3-9-8(7)11/h5-7H,2-4H2,1H3,(H,9,11). The Hall–Kier alpha value is -0.860. The summed E-state index contributed by atoms with van der Waals surface area (Å²) in [6.45, 7) is 2.62. The van der Waals surface area contributed by atoms with Crippen molar-refractivity contribution in [3.05, 3.63) is 0 Å². The Morgan fingerprint density at radius 1 is 1.82 bits per heavy atom. The summed E-state index contributed by atoms with van der Waals surface area (Å²) in [4.78, 5) is 21.3. The van der Waals surface area contributed by atoms with Gasteiger partial charge in [-0.25, -0.2) is 0 Å². The second kappa shape index (κ2) is 3.51. The lowest BCUT2D eigenvalue weighted by molar-refractivity contribution is -0.123. The lowest BCUT2D eigenvalue weighted by Gasteiger charge is -2.07. The summed E-state index contributed by atoms with van der Waals surface area (Å²) in [5.41, 5.74) is 0. The highest BCUT2D eigenvalue weighted by Crippen LogP contribution is 2.17. The molecule has 0 aromatic rings. The quantitative estimate of drug-likeness (QED) is 0.598. The van der Waals surface area contributed by atoms with Gasteiger partial charge < -0.3 is 10.1 Å². The molecule has 1 saturated heterocycles. The van der Waals surface area contributed by atoms with Gasteiger partial charge in [0.05, 0.1) is 0 Å². The lowest BCUT2D eigenvalue weighted by Crippen LogP contribution is -2.20. The van der Waals surface area contributed by atoms with Crippen LogP contribution in [-0.4, -0.2) is 18.7 Å². The van der Waals surface area contributed by atoms with Crippen LogP contribution in [0.5, 0.6) is 0 Å². The smallest absolute Gasteiger partial charge is 0.223 e. The molecule has 1 heterocycles. The van der Waals surface area contributed by atoms with Crippen molar-refractivity contribution in [2.24, 2.45) is 11.8 Å². The maximum atomic E-state index is 11.0. The van der Waals surface area contributed by atoms with E-state index in [1.54, 1.807) is 0 Å². The molecule has 1 amide bonds. The third-order valence-corrected chi connectivity index (χ3v) is 2.05. The maximum absolute atomic E-state index is 11.0. The van der Waals surface area contributed by atoms with Gasteiger partial charge >= 0.3 is 0 Å². The fourth-order valence-electron chi connectivity index (χ4n) is 1.37. The van der Waals surface area contributed by atoms with Crippen molar-refractivity contribution in [3.8, 4) is 0 Å². The van der Waals surface area contributed by atoms with E-state index in [0.29, 0.717) is 6.42 Å². The van der Waals surface area contributed by atoms with E-state index in [0.717, 1.165) is 19.3 Å². The van der Waals surface area contributed by atoms with Crippen LogP contribution in [0.4, 0.5) is 0 Å². The van der Waals surface area contributed by atoms with Crippen LogP contribution in [0.3, 0.4) is 0 Å². The van der Waals surface area contributed by atoms with Crippen LogP contribution in [0.25, 0.3) is 0 Å². The minimum absolute atomic E-state index is 0.0175. The van der Waals surface area contributed by atoms with Gasteiger partial charge in [-0.3, -0.25) is 4.79 Å². The van der Waals surface area contributed by atoms with Crippen LogP contribution in [-0.2, 0) is 9.59 Å². The predicted octanol–water partition coefficient (Wildman–Crippen LogP) is 0.348. The van der Waals surface area contributed by atoms with E-state index in [9.17, 15) is 9.59 Å². The molecular formula is C8H13NO2. The first-order valence-electron chi connectivity index (χ1n) is 3.97. The number of hydrogen-bond acceptors (Lipinski definition) is 2. The Morgan fingerprint density at radius 3 is 3.00 bits per heavy atom. The first-order chi connectivity index (χ1) is 5.24. The number of hydrogen-bond donors (Lipinski definition) is 1. The van der Waals surface area contributed by atoms with Gasteiger partial charge in [0.2, 0.25) is 5.91 Å². The summed E-state index contributed by atoms with van der Waals surface area (Å²) in [7, 11) is 0. The number of aldehydes is 1. The third-order valence-electron chi connectivity index (χ3n) is 2.05. The van der Waals surface area contributed by atoms with Gasteiger partial charge in [-0.15, -0.1) is 0 Å². The fourth-order valence-corrected chi connectivity index (χ4v) is 1.37. The minimum Gasteiger partial charge on any atom is -0.356 e. The number of carbonyl (C=O) groups excluding carboxylic acids is 2. The maximum Gasteiger partial charge on any atom is 0.223 e. The van der Waals surface area contributed by atoms with Gasteiger partial charge in [0.25, 0.3) is 0 Å². The molecule has 0 radical (unpaired) electrons. The Balaban J connectivity index is 2.36. The number of carbonyl (C=O) groups is 2. The van der Waals surface area contributed by atoms with Gasteiger partial charge in [-0.2, -0.15) is 0 Å². The number of rotatable bonds is 3. The van der Waals surface area contributed by atoms with E-state index in [1.165, 1.54) is 0 Å². The molecule has 1 aliphatic rings. The number of nitrogens with one attached hydrogen (secondary N) is 1. The van der Waals surface area contributed by atoms with E-state index in [2.05, 4.69) is 5.32 Å². The predicted molar refractivity (Wildman–Crippen MR) is 41.0 cm³/mol. The van der Waals surface area contributed by atoms with Gasteiger partial charge in [0.1, 0.15) is 6.29 Å². The molecule has 11 heavy (non-hydrogen) atoms. The van der Waals surface area contributed by atoms with Crippen LogP contribution in [0.1, 0.15) is 19.8 Å². The average molecular weight is 155 g/mol. The largest absolute Gasteiger partial charge is 0.356 e. The summed E-state index contributed by atoms with van der Waals surface area (Å²) in [5, 5.41) is 2.74. The highest BCUT2D eigenvalue weighted by atomic mass is 16.2. The minimum atomic E-state index is 0.0175. The van der Waals surface area contributed by atoms with E-state index in [4.69, 9.17) is 0 Å². The van der Waals surface area contributed by atoms with E-state index >= 15 is 0 Å². The summed E-state index contributed by atoms with van der Waals surface area (Å²) in [6, 6.07) is 0. The summed E-state index contributed by atoms with van der Waals surface area (Å²) < 4.78 is 0. The van der Waals surface area contributed by atoms with Crippen molar-refractivity contribution < 1.29 is 9.59 Å². The second-order valence-electron chi connectivity index (χ2n) is 3.13. The monoisotopic (exact) mass is 155 g/mol. The molecule has 1 N–H and O–H groups in total. The molecule has 62 valence electrons. The molecule has 2 atom stereocenters. The third kappa shape index (κ3) is 2.03. The van der Waals surface area contributed by atoms with Crippen LogP contribution in [0.2, 0.25) is 0 Å². The first-order valence-corrected chi connectivity index (χ1v) is 3.97. The molecule has 1 aliphatic heterocycles. The molecule has 0 bridgehead atoms. The second-order valence-corrected chi connectivity index (χ2v) is 3.13. The Kier molecular flexibility index (Phi) is 2.63. The molecule has 0 aliphatic carbocycles. The molecule has 3 nitrogen and oxygen atoms in total. The van der Waals surface area contributed by atoms with Crippen molar-refractivity contribution in [1.29, 1.82) is 0 Å². The van der Waals surface area contributed by atoms with Gasteiger partial charge in [-0.1, -0.05) is 6.92 Å². The van der Waals surface area contributed by atoms with Crippen LogP contribution >= 0.6 is 0 Å². The van der Waals surface area contributed by atoms with E-state index in [1.807, 2.05) is 6.92 Å². The Labute approximate surface area is 66.2 Å². The Bertz CT molecular complexity index is 167. The SMILES string of the molecule is CC(C=O)CC1CCNC1=O. The molecule has 0 saturated carbocycles. The molecule has 1 fully saturated rings.